The van der Waals surface area contributed by atoms with Crippen molar-refractivity contribution < 1.29 is 0 Å². The van der Waals surface area contributed by atoms with Gasteiger partial charge in [0.15, 0.2) is 0 Å². The number of hydrogen-bond acceptors (Lipinski definition) is 3. The summed E-state index contributed by atoms with van der Waals surface area (Å²) in [6.45, 7) is 0.844. The van der Waals surface area contributed by atoms with Crippen molar-refractivity contribution in [3.05, 3.63) is 48.8 Å². The fourth-order valence-electron chi connectivity index (χ4n) is 2.74. The molecule has 0 spiro atoms. The van der Waals surface area contributed by atoms with Crippen molar-refractivity contribution in [1.82, 2.24) is 19.9 Å². The first-order valence-electron chi connectivity index (χ1n) is 6.54. The van der Waals surface area contributed by atoms with Crippen LogP contribution in [-0.2, 0) is 6.54 Å². The molecule has 1 saturated carbocycles. The molecule has 0 aromatic carbocycles. The average Bonchev–Trinajstić information content (AvgIpc) is 3.08. The summed E-state index contributed by atoms with van der Waals surface area (Å²) in [7, 11) is 0. The lowest BCUT2D eigenvalue weighted by Gasteiger charge is -2.22. The Morgan fingerprint density at radius 2 is 2.28 bits per heavy atom. The van der Waals surface area contributed by atoms with Crippen LogP contribution >= 0.6 is 0 Å². The average molecular weight is 242 g/mol. The highest BCUT2D eigenvalue weighted by atomic mass is 15.1. The Bertz CT molecular complexity index is 466. The van der Waals surface area contributed by atoms with Crippen molar-refractivity contribution in [3.63, 3.8) is 0 Å². The zero-order valence-electron chi connectivity index (χ0n) is 10.4. The number of nitrogens with zero attached hydrogens (tertiary/aromatic N) is 3. The van der Waals surface area contributed by atoms with Crippen LogP contribution < -0.4 is 5.32 Å². The van der Waals surface area contributed by atoms with Crippen LogP contribution in [0.25, 0.3) is 0 Å². The van der Waals surface area contributed by atoms with E-state index in [1.165, 1.54) is 19.3 Å². The highest BCUT2D eigenvalue weighted by molar-refractivity contribution is 5.04. The van der Waals surface area contributed by atoms with Crippen LogP contribution in [0, 0.1) is 0 Å². The summed E-state index contributed by atoms with van der Waals surface area (Å²) >= 11 is 0. The van der Waals surface area contributed by atoms with Gasteiger partial charge in [0.25, 0.3) is 0 Å². The molecule has 0 radical (unpaired) electrons. The summed E-state index contributed by atoms with van der Waals surface area (Å²) in [4.78, 5) is 8.49. The molecule has 2 atom stereocenters. The summed E-state index contributed by atoms with van der Waals surface area (Å²) in [6.07, 6.45) is 11.4. The van der Waals surface area contributed by atoms with Gasteiger partial charge in [0.1, 0.15) is 0 Å². The molecule has 1 N–H and O–H groups in total. The minimum Gasteiger partial charge on any atom is -0.333 e. The number of pyridine rings is 1. The molecule has 2 aromatic rings. The first-order chi connectivity index (χ1) is 8.93. The summed E-state index contributed by atoms with van der Waals surface area (Å²) in [5.41, 5.74) is 1.11. The molecule has 3 rings (SSSR count). The Hall–Kier alpha value is -1.68. The largest absolute Gasteiger partial charge is 0.333 e. The van der Waals surface area contributed by atoms with Gasteiger partial charge in [0.2, 0.25) is 0 Å². The van der Waals surface area contributed by atoms with E-state index in [0.717, 1.165) is 12.2 Å². The predicted molar refractivity (Wildman–Crippen MR) is 70.0 cm³/mol. The van der Waals surface area contributed by atoms with E-state index in [1.54, 1.807) is 0 Å². The lowest BCUT2D eigenvalue weighted by molar-refractivity contribution is 0.389. The van der Waals surface area contributed by atoms with E-state index >= 15 is 0 Å². The molecule has 2 unspecified atom stereocenters. The number of imidazole rings is 1. The second-order valence-electron chi connectivity index (χ2n) is 4.82. The number of rotatable bonds is 4. The fraction of sp³-hybridized carbons (Fsp3) is 0.429. The van der Waals surface area contributed by atoms with Crippen LogP contribution in [0.15, 0.2) is 43.1 Å². The Kier molecular flexibility index (Phi) is 3.37. The van der Waals surface area contributed by atoms with Gasteiger partial charge < -0.3 is 9.88 Å². The Morgan fingerprint density at radius 3 is 3.06 bits per heavy atom. The van der Waals surface area contributed by atoms with Gasteiger partial charge in [-0.05, 0) is 31.4 Å². The Labute approximate surface area is 107 Å². The van der Waals surface area contributed by atoms with Gasteiger partial charge in [-0.3, -0.25) is 4.98 Å². The maximum atomic E-state index is 4.35. The molecular weight excluding hydrogens is 224 g/mol. The van der Waals surface area contributed by atoms with Crippen molar-refractivity contribution in [2.75, 3.05) is 0 Å². The molecule has 1 aliphatic rings. The second-order valence-corrected chi connectivity index (χ2v) is 4.82. The highest BCUT2D eigenvalue weighted by Crippen LogP contribution is 2.29. The topological polar surface area (TPSA) is 42.7 Å². The van der Waals surface area contributed by atoms with E-state index in [2.05, 4.69) is 32.1 Å². The maximum absolute atomic E-state index is 4.35. The van der Waals surface area contributed by atoms with Crippen molar-refractivity contribution in [3.8, 4) is 0 Å². The smallest absolute Gasteiger partial charge is 0.0949 e. The minimum absolute atomic E-state index is 0.529. The van der Waals surface area contributed by atoms with Crippen molar-refractivity contribution >= 4 is 0 Å². The monoisotopic (exact) mass is 242 g/mol. The summed E-state index contributed by atoms with van der Waals surface area (Å²) in [5.74, 6) is 0. The van der Waals surface area contributed by atoms with Crippen LogP contribution in [0.4, 0.5) is 0 Å². The maximum Gasteiger partial charge on any atom is 0.0949 e. The number of nitrogens with one attached hydrogen (secondary N) is 1. The standard InChI is InChI=1S/C14H18N4/c1-2-7-16-12(4-1)10-17-13-5-3-6-14(13)18-9-8-15-11-18/h1-2,4,7-9,11,13-14,17H,3,5-6,10H2. The van der Waals surface area contributed by atoms with Crippen molar-refractivity contribution in [2.45, 2.75) is 37.9 Å². The van der Waals surface area contributed by atoms with Gasteiger partial charge in [-0.25, -0.2) is 4.98 Å². The summed E-state index contributed by atoms with van der Waals surface area (Å²) in [5, 5.41) is 3.63. The molecule has 2 heterocycles. The Morgan fingerprint density at radius 1 is 1.28 bits per heavy atom. The molecule has 2 aromatic heterocycles. The van der Waals surface area contributed by atoms with Gasteiger partial charge in [-0.2, -0.15) is 0 Å². The molecule has 4 nitrogen and oxygen atoms in total. The highest BCUT2D eigenvalue weighted by Gasteiger charge is 2.27. The van der Waals surface area contributed by atoms with Gasteiger partial charge in [0, 0.05) is 37.2 Å². The minimum atomic E-state index is 0.529. The van der Waals surface area contributed by atoms with E-state index in [1.807, 2.05) is 30.9 Å². The van der Waals surface area contributed by atoms with E-state index in [4.69, 9.17) is 0 Å². The van der Waals surface area contributed by atoms with E-state index < -0.39 is 0 Å². The molecule has 0 aliphatic heterocycles. The van der Waals surface area contributed by atoms with Crippen LogP contribution in [0.2, 0.25) is 0 Å². The quantitative estimate of drug-likeness (QED) is 0.893. The third-order valence-corrected chi connectivity index (χ3v) is 3.66. The predicted octanol–water partition coefficient (Wildman–Crippen LogP) is 2.16. The molecule has 0 bridgehead atoms. The summed E-state index contributed by atoms with van der Waals surface area (Å²) < 4.78 is 2.23. The fourth-order valence-corrected chi connectivity index (χ4v) is 2.74. The molecule has 94 valence electrons. The number of hydrogen-bond donors (Lipinski definition) is 1. The van der Waals surface area contributed by atoms with E-state index in [9.17, 15) is 0 Å². The van der Waals surface area contributed by atoms with E-state index in [0.29, 0.717) is 12.1 Å². The van der Waals surface area contributed by atoms with Crippen LogP contribution in [-0.4, -0.2) is 20.6 Å². The summed E-state index contributed by atoms with van der Waals surface area (Å²) in [6, 6.07) is 7.12. The van der Waals surface area contributed by atoms with Gasteiger partial charge in [0.05, 0.1) is 12.0 Å². The SMILES string of the molecule is c1ccc(CNC2CCCC2n2ccnc2)nc1. The molecule has 0 amide bonds. The van der Waals surface area contributed by atoms with Crippen LogP contribution in [0.3, 0.4) is 0 Å². The molecule has 1 aliphatic carbocycles. The lowest BCUT2D eigenvalue weighted by Crippen LogP contribution is -2.33. The molecular formula is C14H18N4. The Balaban J connectivity index is 1.62. The molecule has 4 heteroatoms. The normalized spacial score (nSPS) is 23.3. The molecule has 18 heavy (non-hydrogen) atoms. The van der Waals surface area contributed by atoms with Crippen LogP contribution in [0.5, 0.6) is 0 Å². The van der Waals surface area contributed by atoms with Crippen molar-refractivity contribution in [2.24, 2.45) is 0 Å². The lowest BCUT2D eigenvalue weighted by atomic mass is 10.1. The van der Waals surface area contributed by atoms with E-state index in [-0.39, 0.29) is 0 Å². The van der Waals surface area contributed by atoms with Gasteiger partial charge in [-0.1, -0.05) is 6.07 Å². The third kappa shape index (κ3) is 2.43. The van der Waals surface area contributed by atoms with Crippen LogP contribution in [0.1, 0.15) is 31.0 Å². The first kappa shape index (κ1) is 11.4. The zero-order valence-corrected chi connectivity index (χ0v) is 10.4. The first-order valence-corrected chi connectivity index (χ1v) is 6.54. The molecule has 1 fully saturated rings. The molecule has 0 saturated heterocycles. The van der Waals surface area contributed by atoms with Crippen molar-refractivity contribution in [1.29, 1.82) is 0 Å². The zero-order chi connectivity index (χ0) is 12.2. The van der Waals surface area contributed by atoms with Gasteiger partial charge >= 0.3 is 0 Å². The number of aromatic nitrogens is 3. The second kappa shape index (κ2) is 5.31. The van der Waals surface area contributed by atoms with Gasteiger partial charge in [-0.15, -0.1) is 0 Å². The third-order valence-electron chi connectivity index (χ3n) is 3.66.